The largest absolute Gasteiger partial charge is 0.367 e. The molecule has 120 valence electrons. The van der Waals surface area contributed by atoms with Crippen LogP contribution in [0.25, 0.3) is 0 Å². The monoisotopic (exact) mass is 333 g/mol. The van der Waals surface area contributed by atoms with E-state index in [9.17, 15) is 9.59 Å². The van der Waals surface area contributed by atoms with Crippen molar-refractivity contribution in [1.29, 1.82) is 0 Å². The molecule has 1 aromatic carbocycles. The Balaban J connectivity index is 1.80. The molecular formula is C16H16ClN3O3. The number of benzene rings is 1. The number of hydrogen-bond donors (Lipinski definition) is 1. The molecule has 6 nitrogen and oxygen atoms in total. The molecule has 1 atom stereocenters. The molecule has 0 saturated heterocycles. The summed E-state index contributed by atoms with van der Waals surface area (Å²) >= 11 is 6.03. The lowest BCUT2D eigenvalue weighted by Crippen LogP contribution is -2.30. The molecule has 2 aromatic rings. The molecule has 0 saturated carbocycles. The minimum absolute atomic E-state index is 0.162. The van der Waals surface area contributed by atoms with Gasteiger partial charge in [0, 0.05) is 22.3 Å². The van der Waals surface area contributed by atoms with Gasteiger partial charge in [-0.25, -0.2) is 4.68 Å². The second-order valence-electron chi connectivity index (χ2n) is 5.46. The Morgan fingerprint density at radius 2 is 2.30 bits per heavy atom. The molecular weight excluding hydrogens is 318 g/mol. The van der Waals surface area contributed by atoms with Crippen molar-refractivity contribution in [2.45, 2.75) is 33.1 Å². The molecule has 0 spiro atoms. The van der Waals surface area contributed by atoms with Gasteiger partial charge in [-0.1, -0.05) is 17.7 Å². The number of halogens is 1. The van der Waals surface area contributed by atoms with Gasteiger partial charge in [-0.15, -0.1) is 0 Å². The summed E-state index contributed by atoms with van der Waals surface area (Å²) in [4.78, 5) is 24.2. The molecule has 0 aliphatic carbocycles. The maximum absolute atomic E-state index is 12.2. The topological polar surface area (TPSA) is 73.2 Å². The first-order valence-electron chi connectivity index (χ1n) is 7.23. The van der Waals surface area contributed by atoms with Crippen molar-refractivity contribution in [2.75, 3.05) is 5.32 Å². The van der Waals surface area contributed by atoms with Gasteiger partial charge in [-0.05, 0) is 31.5 Å². The van der Waals surface area contributed by atoms with Crippen molar-refractivity contribution >= 4 is 23.2 Å². The average molecular weight is 334 g/mol. The maximum Gasteiger partial charge on any atom is 0.267 e. The van der Waals surface area contributed by atoms with Crippen LogP contribution < -0.4 is 10.9 Å². The number of hydrogen-bond acceptors (Lipinski definition) is 4. The third-order valence-electron chi connectivity index (χ3n) is 3.82. The summed E-state index contributed by atoms with van der Waals surface area (Å²) in [6, 6.07) is 6.74. The minimum Gasteiger partial charge on any atom is -0.367 e. The summed E-state index contributed by atoms with van der Waals surface area (Å²) in [5.41, 5.74) is 2.56. The molecule has 1 aliphatic heterocycles. The highest BCUT2D eigenvalue weighted by Crippen LogP contribution is 2.26. The third-order valence-corrected chi connectivity index (χ3v) is 4.23. The Hall–Kier alpha value is -2.18. The van der Waals surface area contributed by atoms with Crippen LogP contribution in [-0.2, 0) is 22.7 Å². The zero-order valence-electron chi connectivity index (χ0n) is 12.8. The number of anilines is 1. The van der Waals surface area contributed by atoms with Gasteiger partial charge < -0.3 is 10.1 Å². The number of carbonyl (C=O) groups excluding carboxylic acids is 1. The predicted octanol–water partition coefficient (Wildman–Crippen LogP) is 2.44. The first-order valence-corrected chi connectivity index (χ1v) is 7.61. The number of rotatable bonds is 3. The molecule has 1 amide bonds. The fourth-order valence-electron chi connectivity index (χ4n) is 2.47. The summed E-state index contributed by atoms with van der Waals surface area (Å²) in [6.45, 7) is 3.90. The number of carbonyl (C=O) groups is 1. The zero-order valence-corrected chi connectivity index (χ0v) is 13.6. The van der Waals surface area contributed by atoms with Crippen molar-refractivity contribution in [1.82, 2.24) is 9.78 Å². The van der Waals surface area contributed by atoms with Crippen LogP contribution in [0, 0.1) is 6.92 Å². The van der Waals surface area contributed by atoms with Crippen LogP contribution in [-0.4, -0.2) is 15.7 Å². The van der Waals surface area contributed by atoms with Crippen LogP contribution in [0.1, 0.15) is 29.8 Å². The van der Waals surface area contributed by atoms with Crippen LogP contribution in [0.5, 0.6) is 0 Å². The summed E-state index contributed by atoms with van der Waals surface area (Å²) in [5, 5.41) is 7.57. The van der Waals surface area contributed by atoms with E-state index in [0.717, 1.165) is 15.8 Å². The molecule has 3 rings (SSSR count). The first-order chi connectivity index (χ1) is 11.0. The predicted molar refractivity (Wildman–Crippen MR) is 86.5 cm³/mol. The van der Waals surface area contributed by atoms with Crippen LogP contribution in [0.15, 0.2) is 29.1 Å². The van der Waals surface area contributed by atoms with Crippen molar-refractivity contribution in [3.05, 3.63) is 56.5 Å². The summed E-state index contributed by atoms with van der Waals surface area (Å²) in [6.07, 6.45) is -0.171. The van der Waals surface area contributed by atoms with Crippen LogP contribution in [0.2, 0.25) is 5.02 Å². The first kappa shape index (κ1) is 15.7. The third kappa shape index (κ3) is 3.13. The summed E-state index contributed by atoms with van der Waals surface area (Å²) < 4.78 is 6.58. The van der Waals surface area contributed by atoms with E-state index < -0.39 is 0 Å². The fraction of sp³-hybridized carbons (Fsp3) is 0.312. The van der Waals surface area contributed by atoms with E-state index in [1.807, 2.05) is 13.8 Å². The molecule has 0 unspecified atom stereocenters. The Morgan fingerprint density at radius 1 is 1.52 bits per heavy atom. The van der Waals surface area contributed by atoms with E-state index in [1.165, 1.54) is 6.07 Å². The molecule has 1 N–H and O–H groups in total. The van der Waals surface area contributed by atoms with Gasteiger partial charge in [0.1, 0.15) is 6.54 Å². The summed E-state index contributed by atoms with van der Waals surface area (Å²) in [7, 11) is 0. The number of aromatic nitrogens is 2. The molecule has 0 bridgehead atoms. The van der Waals surface area contributed by atoms with Crippen molar-refractivity contribution in [3.63, 3.8) is 0 Å². The molecule has 23 heavy (non-hydrogen) atoms. The van der Waals surface area contributed by atoms with Crippen molar-refractivity contribution < 1.29 is 9.53 Å². The number of nitrogens with zero attached hydrogens (tertiary/aromatic N) is 2. The molecule has 0 fully saturated rings. The van der Waals surface area contributed by atoms with Gasteiger partial charge >= 0.3 is 0 Å². The van der Waals surface area contributed by atoms with Crippen LogP contribution >= 0.6 is 11.6 Å². The Morgan fingerprint density at radius 3 is 3.09 bits per heavy atom. The quantitative estimate of drug-likeness (QED) is 0.936. The second kappa shape index (κ2) is 6.14. The lowest BCUT2D eigenvalue weighted by atomic mass is 10.2. The Kier molecular flexibility index (Phi) is 4.19. The number of ether oxygens (including phenoxy) is 1. The van der Waals surface area contributed by atoms with E-state index in [0.29, 0.717) is 23.0 Å². The molecule has 7 heteroatoms. The highest BCUT2D eigenvalue weighted by molar-refractivity contribution is 6.31. The fourth-order valence-corrected chi connectivity index (χ4v) is 2.65. The zero-order chi connectivity index (χ0) is 16.6. The van der Waals surface area contributed by atoms with Gasteiger partial charge in [0.05, 0.1) is 18.4 Å². The van der Waals surface area contributed by atoms with Gasteiger partial charge in [0.15, 0.2) is 0 Å². The SMILES string of the molecule is Cc1c(Cl)cccc1NC(=O)Cn1nc2c(cc1=O)CO[C@H]2C. The number of nitrogens with one attached hydrogen (secondary N) is 1. The van der Waals surface area contributed by atoms with Crippen molar-refractivity contribution in [2.24, 2.45) is 0 Å². The average Bonchev–Trinajstić information content (AvgIpc) is 2.85. The lowest BCUT2D eigenvalue weighted by Gasteiger charge is -2.11. The maximum atomic E-state index is 12.2. The minimum atomic E-state index is -0.337. The Labute approximate surface area is 138 Å². The van der Waals surface area contributed by atoms with Crippen molar-refractivity contribution in [3.8, 4) is 0 Å². The van der Waals surface area contributed by atoms with Gasteiger partial charge in [0.25, 0.3) is 5.56 Å². The number of fused-ring (bicyclic) bond motifs is 1. The standard InChI is InChI=1S/C16H16ClN3O3/c1-9-12(17)4-3-5-13(9)18-14(21)7-20-15(22)6-11-8-23-10(2)16(11)19-20/h3-6,10H,7-8H2,1-2H3,(H,18,21)/t10-/m0/s1. The van der Waals surface area contributed by atoms with Gasteiger partial charge in [0.2, 0.25) is 5.91 Å². The highest BCUT2D eigenvalue weighted by atomic mass is 35.5. The van der Waals surface area contributed by atoms with E-state index in [4.69, 9.17) is 16.3 Å². The van der Waals surface area contributed by atoms with Crippen LogP contribution in [0.3, 0.4) is 0 Å². The second-order valence-corrected chi connectivity index (χ2v) is 5.87. The van der Waals surface area contributed by atoms with E-state index in [1.54, 1.807) is 18.2 Å². The van der Waals surface area contributed by atoms with E-state index in [2.05, 4.69) is 10.4 Å². The van der Waals surface area contributed by atoms with E-state index in [-0.39, 0.29) is 24.1 Å². The molecule has 0 radical (unpaired) electrons. The van der Waals surface area contributed by atoms with E-state index >= 15 is 0 Å². The molecule has 1 aromatic heterocycles. The lowest BCUT2D eigenvalue weighted by molar-refractivity contribution is -0.117. The number of amides is 1. The molecule has 1 aliphatic rings. The summed E-state index contributed by atoms with van der Waals surface area (Å²) in [5.74, 6) is -0.337. The normalized spacial score (nSPS) is 16.2. The Bertz CT molecular complexity index is 832. The highest BCUT2D eigenvalue weighted by Gasteiger charge is 2.23. The van der Waals surface area contributed by atoms with Crippen LogP contribution in [0.4, 0.5) is 5.69 Å². The van der Waals surface area contributed by atoms with Gasteiger partial charge in [-0.3, -0.25) is 9.59 Å². The smallest absolute Gasteiger partial charge is 0.267 e. The van der Waals surface area contributed by atoms with Gasteiger partial charge in [-0.2, -0.15) is 5.10 Å². The molecule has 2 heterocycles.